The summed E-state index contributed by atoms with van der Waals surface area (Å²) in [6.07, 6.45) is 1.11. The second-order valence-corrected chi connectivity index (χ2v) is 6.38. The van der Waals surface area contributed by atoms with E-state index in [9.17, 15) is 14.7 Å². The molecule has 2 heterocycles. The third-order valence-corrected chi connectivity index (χ3v) is 4.53. The molecule has 2 saturated heterocycles. The minimum atomic E-state index is -0.991. The molecule has 7 heteroatoms. The molecular weight excluding hydrogens is 274 g/mol. The number of hydrogen-bond donors (Lipinski definition) is 2. The number of β-amino-alcohol motifs (C(OH)–C–C–N with tert-alkyl or cyclic N) is 1. The summed E-state index contributed by atoms with van der Waals surface area (Å²) in [5.74, 6) is -0.435. The molecule has 0 saturated carbocycles. The van der Waals surface area contributed by atoms with Gasteiger partial charge in [0.25, 0.3) is 5.91 Å². The van der Waals surface area contributed by atoms with Gasteiger partial charge in [0.15, 0.2) is 5.60 Å². The average Bonchev–Trinajstić information content (AvgIpc) is 2.38. The maximum atomic E-state index is 11.5. The molecule has 0 aromatic rings. The van der Waals surface area contributed by atoms with Gasteiger partial charge in [-0.1, -0.05) is 0 Å². The number of likely N-dealkylation sites (tertiary alicyclic amines) is 1. The van der Waals surface area contributed by atoms with Crippen LogP contribution < -0.4 is 5.73 Å². The summed E-state index contributed by atoms with van der Waals surface area (Å²) in [6, 6.07) is 0. The van der Waals surface area contributed by atoms with Crippen LogP contribution in [0.3, 0.4) is 0 Å². The van der Waals surface area contributed by atoms with Gasteiger partial charge in [0, 0.05) is 39.6 Å². The van der Waals surface area contributed by atoms with Crippen LogP contribution in [-0.4, -0.2) is 77.3 Å². The molecule has 0 unspecified atom stereocenters. The maximum absolute atomic E-state index is 11.5. The number of hydrogen-bond acceptors (Lipinski definition) is 5. The predicted octanol–water partition coefficient (Wildman–Crippen LogP) is -1.06. The normalized spacial score (nSPS) is 30.1. The van der Waals surface area contributed by atoms with Gasteiger partial charge in [0.05, 0.1) is 12.2 Å². The van der Waals surface area contributed by atoms with Gasteiger partial charge in [-0.05, 0) is 19.8 Å². The number of ether oxygens (including phenoxy) is 1. The second kappa shape index (κ2) is 5.90. The Balaban J connectivity index is 1.92. The summed E-state index contributed by atoms with van der Waals surface area (Å²) in [5, 5.41) is 10.7. The van der Waals surface area contributed by atoms with E-state index in [4.69, 9.17) is 10.5 Å². The molecular formula is C14H25N3O4. The van der Waals surface area contributed by atoms with Crippen molar-refractivity contribution < 1.29 is 19.4 Å². The highest BCUT2D eigenvalue weighted by Gasteiger charge is 2.41. The zero-order chi connectivity index (χ0) is 15.7. The van der Waals surface area contributed by atoms with Crippen molar-refractivity contribution >= 4 is 11.8 Å². The second-order valence-electron chi connectivity index (χ2n) is 6.38. The largest absolute Gasteiger partial charge is 0.388 e. The predicted molar refractivity (Wildman–Crippen MR) is 76.4 cm³/mol. The molecule has 21 heavy (non-hydrogen) atoms. The molecule has 2 fully saturated rings. The van der Waals surface area contributed by atoms with Gasteiger partial charge in [-0.15, -0.1) is 0 Å². The molecule has 0 aliphatic carbocycles. The van der Waals surface area contributed by atoms with Crippen molar-refractivity contribution in [2.75, 3.05) is 39.3 Å². The fourth-order valence-corrected chi connectivity index (χ4v) is 3.05. The number of nitrogens with zero attached hydrogens (tertiary/aromatic N) is 2. The third-order valence-electron chi connectivity index (χ3n) is 4.53. The number of morpholine rings is 1. The highest BCUT2D eigenvalue weighted by atomic mass is 16.5. The van der Waals surface area contributed by atoms with Crippen LogP contribution in [-0.2, 0) is 14.3 Å². The fourth-order valence-electron chi connectivity index (χ4n) is 3.05. The zero-order valence-corrected chi connectivity index (χ0v) is 12.8. The van der Waals surface area contributed by atoms with E-state index in [2.05, 4.69) is 0 Å². The van der Waals surface area contributed by atoms with Gasteiger partial charge < -0.3 is 20.5 Å². The van der Waals surface area contributed by atoms with Crippen LogP contribution >= 0.6 is 0 Å². The number of aliphatic hydroxyl groups is 1. The van der Waals surface area contributed by atoms with Gasteiger partial charge in [0.2, 0.25) is 5.91 Å². The molecule has 2 amide bonds. The van der Waals surface area contributed by atoms with Gasteiger partial charge >= 0.3 is 0 Å². The van der Waals surface area contributed by atoms with Gasteiger partial charge in [-0.2, -0.15) is 0 Å². The molecule has 0 aromatic heterocycles. The Labute approximate surface area is 125 Å². The Morgan fingerprint density at radius 2 is 1.90 bits per heavy atom. The van der Waals surface area contributed by atoms with Crippen LogP contribution in [0, 0.1) is 0 Å². The zero-order valence-electron chi connectivity index (χ0n) is 12.8. The molecule has 0 aromatic carbocycles. The highest BCUT2D eigenvalue weighted by Crippen LogP contribution is 2.26. The van der Waals surface area contributed by atoms with Crippen LogP contribution in [0.25, 0.3) is 0 Å². The monoisotopic (exact) mass is 299 g/mol. The molecule has 0 bridgehead atoms. The lowest BCUT2D eigenvalue weighted by Crippen LogP contribution is -2.60. The van der Waals surface area contributed by atoms with Crippen molar-refractivity contribution in [2.24, 2.45) is 5.73 Å². The van der Waals surface area contributed by atoms with Crippen molar-refractivity contribution in [3.05, 3.63) is 0 Å². The van der Waals surface area contributed by atoms with Crippen molar-refractivity contribution in [3.8, 4) is 0 Å². The van der Waals surface area contributed by atoms with Gasteiger partial charge in [-0.3, -0.25) is 14.5 Å². The number of carbonyl (C=O) groups excluding carboxylic acids is 2. The van der Waals surface area contributed by atoms with Gasteiger partial charge in [0.1, 0.15) is 0 Å². The molecule has 2 aliphatic rings. The van der Waals surface area contributed by atoms with Crippen molar-refractivity contribution in [1.82, 2.24) is 9.80 Å². The topological polar surface area (TPSA) is 96.1 Å². The molecule has 3 N–H and O–H groups in total. The highest BCUT2D eigenvalue weighted by molar-refractivity contribution is 5.83. The van der Waals surface area contributed by atoms with E-state index < -0.39 is 17.1 Å². The smallest absolute Gasteiger partial charge is 0.250 e. The lowest BCUT2D eigenvalue weighted by Gasteiger charge is -2.44. The number of piperidine rings is 1. The Morgan fingerprint density at radius 3 is 2.43 bits per heavy atom. The molecule has 0 spiro atoms. The number of amides is 2. The number of rotatable bonds is 3. The van der Waals surface area contributed by atoms with E-state index in [-0.39, 0.29) is 5.91 Å². The minimum Gasteiger partial charge on any atom is -0.388 e. The quantitative estimate of drug-likeness (QED) is 0.692. The standard InChI is InChI=1S/C14H25N3O4/c1-11(18)17-5-3-14(20,4-6-17)10-16-7-8-21-13(2,9-16)12(15)19/h20H,3-10H2,1-2H3,(H2,15,19)/t13-/m0/s1. The molecule has 7 nitrogen and oxygen atoms in total. The average molecular weight is 299 g/mol. The Hall–Kier alpha value is -1.18. The molecule has 0 radical (unpaired) electrons. The lowest BCUT2D eigenvalue weighted by molar-refractivity contribution is -0.158. The van der Waals surface area contributed by atoms with Crippen LogP contribution in [0.15, 0.2) is 0 Å². The Morgan fingerprint density at radius 1 is 1.29 bits per heavy atom. The first-order valence-corrected chi connectivity index (χ1v) is 7.38. The van der Waals surface area contributed by atoms with E-state index in [1.165, 1.54) is 0 Å². The van der Waals surface area contributed by atoms with Crippen LogP contribution in [0.4, 0.5) is 0 Å². The lowest BCUT2D eigenvalue weighted by atomic mass is 9.90. The SMILES string of the molecule is CC(=O)N1CCC(O)(CN2CCO[C@](C)(C(N)=O)C2)CC1. The van der Waals surface area contributed by atoms with Gasteiger partial charge in [-0.25, -0.2) is 0 Å². The summed E-state index contributed by atoms with van der Waals surface area (Å²) >= 11 is 0. The fraction of sp³-hybridized carbons (Fsp3) is 0.857. The molecule has 2 aliphatic heterocycles. The first-order valence-electron chi connectivity index (χ1n) is 7.38. The third kappa shape index (κ3) is 3.72. The Kier molecular flexibility index (Phi) is 4.55. The summed E-state index contributed by atoms with van der Waals surface area (Å²) in [4.78, 5) is 26.6. The molecule has 1 atom stereocenters. The summed E-state index contributed by atoms with van der Waals surface area (Å²) in [6.45, 7) is 6.34. The number of carbonyl (C=O) groups is 2. The first kappa shape index (κ1) is 16.2. The van der Waals surface area contributed by atoms with E-state index in [0.717, 1.165) is 0 Å². The van der Waals surface area contributed by atoms with Crippen LogP contribution in [0.1, 0.15) is 26.7 Å². The van der Waals surface area contributed by atoms with E-state index >= 15 is 0 Å². The van der Waals surface area contributed by atoms with Crippen molar-refractivity contribution in [3.63, 3.8) is 0 Å². The number of nitrogens with two attached hydrogens (primary N) is 1. The molecule has 120 valence electrons. The summed E-state index contributed by atoms with van der Waals surface area (Å²) in [5.41, 5.74) is 3.58. The van der Waals surface area contributed by atoms with E-state index in [1.807, 2.05) is 4.90 Å². The van der Waals surface area contributed by atoms with E-state index in [0.29, 0.717) is 52.2 Å². The maximum Gasteiger partial charge on any atom is 0.250 e. The Bertz CT molecular complexity index is 420. The van der Waals surface area contributed by atoms with E-state index in [1.54, 1.807) is 18.7 Å². The number of primary amides is 1. The minimum absolute atomic E-state index is 0.0460. The van der Waals surface area contributed by atoms with Crippen LogP contribution in [0.5, 0.6) is 0 Å². The summed E-state index contributed by atoms with van der Waals surface area (Å²) < 4.78 is 5.48. The summed E-state index contributed by atoms with van der Waals surface area (Å²) in [7, 11) is 0. The van der Waals surface area contributed by atoms with Crippen LogP contribution in [0.2, 0.25) is 0 Å². The molecule has 2 rings (SSSR count). The van der Waals surface area contributed by atoms with Crippen molar-refractivity contribution in [2.45, 2.75) is 37.9 Å². The van der Waals surface area contributed by atoms with Crippen molar-refractivity contribution in [1.29, 1.82) is 0 Å². The first-order chi connectivity index (χ1) is 9.74.